The number of pyridine rings is 1. The highest BCUT2D eigenvalue weighted by Gasteiger charge is 2.45. The molecule has 1 aliphatic rings. The van der Waals surface area contributed by atoms with Crippen LogP contribution in [0.1, 0.15) is 33.4 Å². The van der Waals surface area contributed by atoms with Crippen molar-refractivity contribution in [2.75, 3.05) is 5.32 Å². The number of halogens is 1. The van der Waals surface area contributed by atoms with E-state index >= 15 is 0 Å². The molecule has 0 unspecified atom stereocenters. The predicted molar refractivity (Wildman–Crippen MR) is 124 cm³/mol. The molecule has 0 saturated heterocycles. The van der Waals surface area contributed by atoms with Crippen molar-refractivity contribution >= 4 is 51.2 Å². The lowest BCUT2D eigenvalue weighted by Gasteiger charge is -2.07. The zero-order valence-electron chi connectivity index (χ0n) is 16.8. The molecule has 4 aromatic rings. The number of anilines is 1. The van der Waals surface area contributed by atoms with Crippen LogP contribution in [0, 0.1) is 5.92 Å². The summed E-state index contributed by atoms with van der Waals surface area (Å²) in [4.78, 5) is 38.4. The molecule has 1 aromatic carbocycles. The molecule has 2 amide bonds. The van der Waals surface area contributed by atoms with Crippen LogP contribution in [0.3, 0.4) is 0 Å². The molecule has 1 fully saturated rings. The van der Waals surface area contributed by atoms with Gasteiger partial charge in [0, 0.05) is 63.3 Å². The molecule has 1 saturated carbocycles. The standard InChI is InChI=1S/C23H18ClN5O2S/c24-19-10-25-9-13-2-3-15(7-16(13)19)29-23(31)18-8-17(18)20-6-14(12-32-20)22(30)28-11-21-26-4-1-5-27-21/h1-7,9-10,12,17-18H,8,11H2,(H,28,30)(H,29,31)/t17-,18-/m1/s1. The van der Waals surface area contributed by atoms with Gasteiger partial charge in [-0.1, -0.05) is 17.7 Å². The number of benzene rings is 1. The molecule has 0 aliphatic heterocycles. The van der Waals surface area contributed by atoms with Gasteiger partial charge in [-0.25, -0.2) is 9.97 Å². The number of amides is 2. The number of carbonyl (C=O) groups excluding carboxylic acids is 2. The monoisotopic (exact) mass is 463 g/mol. The first-order valence-electron chi connectivity index (χ1n) is 10.0. The lowest BCUT2D eigenvalue weighted by molar-refractivity contribution is -0.117. The summed E-state index contributed by atoms with van der Waals surface area (Å²) in [6.07, 6.45) is 7.37. The van der Waals surface area contributed by atoms with Crippen LogP contribution in [0.4, 0.5) is 5.69 Å². The first-order chi connectivity index (χ1) is 15.6. The molecule has 3 heterocycles. The molecular formula is C23H18ClN5O2S. The van der Waals surface area contributed by atoms with E-state index in [0.29, 0.717) is 22.1 Å². The molecule has 0 spiro atoms. The Morgan fingerprint density at radius 3 is 2.84 bits per heavy atom. The Bertz CT molecular complexity index is 1310. The third kappa shape index (κ3) is 4.32. The number of rotatable bonds is 6. The van der Waals surface area contributed by atoms with Crippen LogP contribution in [-0.2, 0) is 11.3 Å². The maximum Gasteiger partial charge on any atom is 0.252 e. The fraction of sp³-hybridized carbons (Fsp3) is 0.174. The van der Waals surface area contributed by atoms with E-state index in [1.807, 2.05) is 29.6 Å². The second kappa shape index (κ2) is 8.64. The summed E-state index contributed by atoms with van der Waals surface area (Å²) in [6.45, 7) is 0.269. The summed E-state index contributed by atoms with van der Waals surface area (Å²) >= 11 is 7.72. The van der Waals surface area contributed by atoms with Gasteiger partial charge in [-0.3, -0.25) is 14.6 Å². The van der Waals surface area contributed by atoms with E-state index in [1.54, 1.807) is 30.9 Å². The van der Waals surface area contributed by atoms with Crippen molar-refractivity contribution in [1.29, 1.82) is 0 Å². The average Bonchev–Trinajstić information content (AvgIpc) is 3.47. The Morgan fingerprint density at radius 2 is 2.00 bits per heavy atom. The number of thiophene rings is 1. The molecule has 0 bridgehead atoms. The maximum absolute atomic E-state index is 12.7. The third-order valence-electron chi connectivity index (χ3n) is 5.38. The number of nitrogens with one attached hydrogen (secondary N) is 2. The number of fused-ring (bicyclic) bond motifs is 1. The van der Waals surface area contributed by atoms with Crippen molar-refractivity contribution in [2.24, 2.45) is 5.92 Å². The second-order valence-corrected chi connectivity index (χ2v) is 8.93. The molecular weight excluding hydrogens is 446 g/mol. The Balaban J connectivity index is 1.19. The number of hydrogen-bond donors (Lipinski definition) is 2. The SMILES string of the molecule is O=C(NCc1ncccn1)c1csc([C@@H]2C[C@H]2C(=O)Nc2ccc3cncc(Cl)c3c2)c1. The van der Waals surface area contributed by atoms with Gasteiger partial charge in [-0.15, -0.1) is 11.3 Å². The van der Waals surface area contributed by atoms with Gasteiger partial charge in [-0.05, 0) is 30.7 Å². The summed E-state index contributed by atoms with van der Waals surface area (Å²) in [5.41, 5.74) is 1.29. The molecule has 2 atom stereocenters. The van der Waals surface area contributed by atoms with Crippen LogP contribution >= 0.6 is 22.9 Å². The van der Waals surface area contributed by atoms with Crippen LogP contribution in [0.25, 0.3) is 10.8 Å². The van der Waals surface area contributed by atoms with Crippen LogP contribution in [0.5, 0.6) is 0 Å². The van der Waals surface area contributed by atoms with Gasteiger partial charge in [0.15, 0.2) is 0 Å². The van der Waals surface area contributed by atoms with Gasteiger partial charge in [0.2, 0.25) is 5.91 Å². The van der Waals surface area contributed by atoms with Crippen LogP contribution in [0.15, 0.2) is 60.5 Å². The molecule has 0 radical (unpaired) electrons. The minimum atomic E-state index is -0.177. The van der Waals surface area contributed by atoms with Gasteiger partial charge in [0.25, 0.3) is 5.91 Å². The highest BCUT2D eigenvalue weighted by molar-refractivity contribution is 7.10. The zero-order valence-corrected chi connectivity index (χ0v) is 18.4. The number of carbonyl (C=O) groups is 2. The Kier molecular flexibility index (Phi) is 5.55. The summed E-state index contributed by atoms with van der Waals surface area (Å²) < 4.78 is 0. The molecule has 1 aliphatic carbocycles. The minimum absolute atomic E-state index is 0.0276. The molecule has 32 heavy (non-hydrogen) atoms. The smallest absolute Gasteiger partial charge is 0.252 e. The summed E-state index contributed by atoms with van der Waals surface area (Å²) in [5.74, 6) is 0.379. The first-order valence-corrected chi connectivity index (χ1v) is 11.3. The largest absolute Gasteiger partial charge is 0.345 e. The zero-order chi connectivity index (χ0) is 22.1. The van der Waals surface area contributed by atoms with E-state index in [9.17, 15) is 9.59 Å². The predicted octanol–water partition coefficient (Wildman–Crippen LogP) is 4.41. The van der Waals surface area contributed by atoms with E-state index in [1.165, 1.54) is 11.3 Å². The highest BCUT2D eigenvalue weighted by atomic mass is 35.5. The molecule has 7 nitrogen and oxygen atoms in total. The summed E-state index contributed by atoms with van der Waals surface area (Å²) in [6, 6.07) is 9.19. The van der Waals surface area contributed by atoms with Gasteiger partial charge < -0.3 is 10.6 Å². The van der Waals surface area contributed by atoms with E-state index in [-0.39, 0.29) is 30.2 Å². The molecule has 3 aromatic heterocycles. The van der Waals surface area contributed by atoms with Gasteiger partial charge in [-0.2, -0.15) is 0 Å². The lowest BCUT2D eigenvalue weighted by Crippen LogP contribution is -2.23. The van der Waals surface area contributed by atoms with Crippen molar-refractivity contribution < 1.29 is 9.59 Å². The van der Waals surface area contributed by atoms with E-state index in [4.69, 9.17) is 11.6 Å². The topological polar surface area (TPSA) is 96.9 Å². The number of aromatic nitrogens is 3. The summed E-state index contributed by atoms with van der Waals surface area (Å²) in [5, 5.41) is 9.94. The highest BCUT2D eigenvalue weighted by Crippen LogP contribution is 2.50. The minimum Gasteiger partial charge on any atom is -0.345 e. The van der Waals surface area contributed by atoms with Crippen molar-refractivity contribution in [3.05, 3.63) is 81.8 Å². The third-order valence-corrected chi connectivity index (χ3v) is 6.75. The van der Waals surface area contributed by atoms with Crippen LogP contribution in [0.2, 0.25) is 5.02 Å². The molecule has 9 heteroatoms. The Morgan fingerprint density at radius 1 is 1.16 bits per heavy atom. The van der Waals surface area contributed by atoms with Crippen molar-refractivity contribution in [3.63, 3.8) is 0 Å². The van der Waals surface area contributed by atoms with Gasteiger partial charge in [0.1, 0.15) is 5.82 Å². The van der Waals surface area contributed by atoms with Crippen molar-refractivity contribution in [2.45, 2.75) is 18.9 Å². The van der Waals surface area contributed by atoms with E-state index in [0.717, 1.165) is 22.1 Å². The van der Waals surface area contributed by atoms with Crippen molar-refractivity contribution in [1.82, 2.24) is 20.3 Å². The number of hydrogen-bond acceptors (Lipinski definition) is 6. The average molecular weight is 464 g/mol. The van der Waals surface area contributed by atoms with Crippen LogP contribution in [-0.4, -0.2) is 26.8 Å². The maximum atomic E-state index is 12.7. The molecule has 160 valence electrons. The first kappa shape index (κ1) is 20.5. The van der Waals surface area contributed by atoms with Gasteiger partial charge in [0.05, 0.1) is 17.1 Å². The molecule has 5 rings (SSSR count). The van der Waals surface area contributed by atoms with Crippen LogP contribution < -0.4 is 10.6 Å². The Hall–Kier alpha value is -3.36. The quantitative estimate of drug-likeness (QED) is 0.441. The lowest BCUT2D eigenvalue weighted by atomic mass is 10.1. The number of nitrogens with zero attached hydrogens (tertiary/aromatic N) is 3. The normalized spacial score (nSPS) is 17.2. The molecule has 2 N–H and O–H groups in total. The van der Waals surface area contributed by atoms with E-state index < -0.39 is 0 Å². The fourth-order valence-corrected chi connectivity index (χ4v) is 4.88. The van der Waals surface area contributed by atoms with Gasteiger partial charge >= 0.3 is 0 Å². The van der Waals surface area contributed by atoms with Crippen molar-refractivity contribution in [3.8, 4) is 0 Å². The van der Waals surface area contributed by atoms with E-state index in [2.05, 4.69) is 25.6 Å². The summed E-state index contributed by atoms with van der Waals surface area (Å²) in [7, 11) is 0. The second-order valence-electron chi connectivity index (χ2n) is 7.58. The Labute approximate surface area is 192 Å². The fourth-order valence-electron chi connectivity index (χ4n) is 3.59.